The molecule has 2 saturated heterocycles. The Morgan fingerprint density at radius 1 is 1.11 bits per heavy atom. The number of carbonyl (C=O) groups is 3. The molecule has 0 bridgehead atoms. The monoisotopic (exact) mass is 502 g/mol. The van der Waals surface area contributed by atoms with Gasteiger partial charge in [0.15, 0.2) is 0 Å². The minimum absolute atomic E-state index is 0.190. The number of fused-ring (bicyclic) bond motifs is 2. The molecule has 0 aromatic heterocycles. The number of likely N-dealkylation sites (tertiary alicyclic amines) is 1. The van der Waals surface area contributed by atoms with Crippen LogP contribution in [0.3, 0.4) is 0 Å². The van der Waals surface area contributed by atoms with Gasteiger partial charge in [-0.05, 0) is 52.4 Å². The topological polar surface area (TPSA) is 96.4 Å². The van der Waals surface area contributed by atoms with Crippen molar-refractivity contribution in [2.24, 2.45) is 17.8 Å². The van der Waals surface area contributed by atoms with Crippen LogP contribution in [0.4, 0.5) is 0 Å². The lowest BCUT2D eigenvalue weighted by Crippen LogP contribution is -2.61. The van der Waals surface area contributed by atoms with E-state index in [4.69, 9.17) is 9.47 Å². The summed E-state index contributed by atoms with van der Waals surface area (Å²) in [5.74, 6) is -2.61. The third-order valence-electron chi connectivity index (χ3n) is 8.23. The minimum Gasteiger partial charge on any atom is -0.465 e. The van der Waals surface area contributed by atoms with E-state index >= 15 is 0 Å². The molecule has 0 aromatic carbocycles. The fourth-order valence-electron chi connectivity index (χ4n) is 6.63. The van der Waals surface area contributed by atoms with Crippen molar-refractivity contribution in [3.8, 4) is 0 Å². The van der Waals surface area contributed by atoms with E-state index < -0.39 is 46.6 Å². The lowest BCUT2D eigenvalue weighted by Gasteiger charge is -2.43. The molecule has 200 valence electrons. The van der Waals surface area contributed by atoms with Crippen molar-refractivity contribution in [3.63, 3.8) is 0 Å². The summed E-state index contributed by atoms with van der Waals surface area (Å²) in [5, 5.41) is 10.4. The highest BCUT2D eigenvalue weighted by molar-refractivity contribution is 5.99. The summed E-state index contributed by atoms with van der Waals surface area (Å²) in [5.41, 5.74) is -2.88. The number of allylic oxidation sites excluding steroid dienone is 1. The van der Waals surface area contributed by atoms with Crippen molar-refractivity contribution in [2.75, 3.05) is 19.8 Å². The van der Waals surface area contributed by atoms with Crippen LogP contribution in [0.1, 0.15) is 67.2 Å². The average molecular weight is 503 g/mol. The predicted octanol–water partition coefficient (Wildman–Crippen LogP) is 2.84. The Morgan fingerprint density at radius 2 is 1.83 bits per heavy atom. The fourth-order valence-corrected chi connectivity index (χ4v) is 6.63. The first-order valence-corrected chi connectivity index (χ1v) is 13.4. The predicted molar refractivity (Wildman–Crippen MR) is 135 cm³/mol. The number of hydrogen-bond acceptors (Lipinski definition) is 6. The smallest absolute Gasteiger partial charge is 0.313 e. The summed E-state index contributed by atoms with van der Waals surface area (Å²) in [6, 6.07) is -1.55. The molecule has 0 saturated carbocycles. The van der Waals surface area contributed by atoms with Crippen molar-refractivity contribution in [2.45, 2.75) is 96.1 Å². The molecule has 0 aliphatic carbocycles. The van der Waals surface area contributed by atoms with E-state index in [1.165, 1.54) is 0 Å². The number of hydrogen-bond donors (Lipinski definition) is 1. The van der Waals surface area contributed by atoms with E-state index in [9.17, 15) is 19.5 Å². The largest absolute Gasteiger partial charge is 0.465 e. The Morgan fingerprint density at radius 3 is 2.44 bits per heavy atom. The molecule has 0 aromatic rings. The highest BCUT2D eigenvalue weighted by Crippen LogP contribution is 2.58. The standard InChI is InChI=1S/C28H42N2O6/c1-7-27-12-9-8-10-15-35-25(34)21(27)20-23(32)30(19(17-31)16-18(2)3)22-24(33)29(26(4,5)6)14-11-13-28(20,22)36-27/h9,11-13,18-22,31H,7-8,10,14-17H2,1-6H3/b12-9-/t19-,20+,21-,22?,27+,28+/m1/s1. The van der Waals surface area contributed by atoms with Crippen LogP contribution in [0.15, 0.2) is 24.3 Å². The van der Waals surface area contributed by atoms with E-state index in [1.807, 2.05) is 65.8 Å². The van der Waals surface area contributed by atoms with Crippen molar-refractivity contribution >= 4 is 17.8 Å². The molecule has 1 N–H and O–H groups in total. The van der Waals surface area contributed by atoms with Gasteiger partial charge in [-0.2, -0.15) is 0 Å². The lowest BCUT2D eigenvalue weighted by atomic mass is 9.73. The van der Waals surface area contributed by atoms with Crippen LogP contribution in [-0.4, -0.2) is 81.3 Å². The molecule has 4 aliphatic heterocycles. The Hall–Kier alpha value is -2.19. The molecule has 6 atom stereocenters. The van der Waals surface area contributed by atoms with Crippen molar-refractivity contribution in [3.05, 3.63) is 24.3 Å². The number of esters is 1. The molecule has 8 heteroatoms. The lowest BCUT2D eigenvalue weighted by molar-refractivity contribution is -0.164. The fraction of sp³-hybridized carbons (Fsp3) is 0.750. The number of aliphatic hydroxyl groups excluding tert-OH is 1. The first-order chi connectivity index (χ1) is 16.9. The molecule has 8 nitrogen and oxygen atoms in total. The van der Waals surface area contributed by atoms with Crippen molar-refractivity contribution < 1.29 is 29.0 Å². The van der Waals surface area contributed by atoms with E-state index in [0.29, 0.717) is 25.8 Å². The zero-order chi connectivity index (χ0) is 26.5. The van der Waals surface area contributed by atoms with Gasteiger partial charge in [-0.3, -0.25) is 14.4 Å². The van der Waals surface area contributed by atoms with Gasteiger partial charge >= 0.3 is 5.97 Å². The van der Waals surface area contributed by atoms with Crippen LogP contribution < -0.4 is 0 Å². The number of ether oxygens (including phenoxy) is 2. The minimum atomic E-state index is -1.33. The molecule has 2 amide bonds. The number of carbonyl (C=O) groups excluding carboxylic acids is 3. The first kappa shape index (κ1) is 26.9. The molecule has 1 unspecified atom stereocenters. The van der Waals surface area contributed by atoms with Gasteiger partial charge in [0.25, 0.3) is 0 Å². The van der Waals surface area contributed by atoms with Gasteiger partial charge in [-0.1, -0.05) is 45.1 Å². The number of amides is 2. The maximum Gasteiger partial charge on any atom is 0.313 e. The third-order valence-corrected chi connectivity index (χ3v) is 8.23. The quantitative estimate of drug-likeness (QED) is 0.459. The van der Waals surface area contributed by atoms with Gasteiger partial charge in [0, 0.05) is 12.1 Å². The van der Waals surface area contributed by atoms with Gasteiger partial charge in [-0.15, -0.1) is 0 Å². The van der Waals surface area contributed by atoms with Crippen LogP contribution in [0, 0.1) is 17.8 Å². The highest BCUT2D eigenvalue weighted by Gasteiger charge is 2.76. The number of aliphatic hydroxyl groups is 1. The van der Waals surface area contributed by atoms with Gasteiger partial charge in [0.2, 0.25) is 11.8 Å². The molecular formula is C28H42N2O6. The number of nitrogens with zero attached hydrogens (tertiary/aromatic N) is 2. The zero-order valence-corrected chi connectivity index (χ0v) is 22.5. The van der Waals surface area contributed by atoms with E-state index in [1.54, 1.807) is 9.80 Å². The van der Waals surface area contributed by atoms with Crippen LogP contribution in [-0.2, 0) is 23.9 Å². The zero-order valence-electron chi connectivity index (χ0n) is 22.5. The Bertz CT molecular complexity index is 952. The van der Waals surface area contributed by atoms with Gasteiger partial charge < -0.3 is 24.4 Å². The summed E-state index contributed by atoms with van der Waals surface area (Å²) in [7, 11) is 0. The molecule has 4 aliphatic rings. The summed E-state index contributed by atoms with van der Waals surface area (Å²) < 4.78 is 12.6. The van der Waals surface area contributed by atoms with E-state index in [-0.39, 0.29) is 30.9 Å². The Balaban J connectivity index is 1.94. The molecular weight excluding hydrogens is 460 g/mol. The summed E-state index contributed by atoms with van der Waals surface area (Å²) >= 11 is 0. The second-order valence-electron chi connectivity index (χ2n) is 12.1. The van der Waals surface area contributed by atoms with Crippen LogP contribution >= 0.6 is 0 Å². The van der Waals surface area contributed by atoms with E-state index in [0.717, 1.165) is 6.42 Å². The maximum atomic E-state index is 14.4. The summed E-state index contributed by atoms with van der Waals surface area (Å²) in [6.07, 6.45) is 10.1. The number of rotatable bonds is 5. The number of cyclic esters (lactones) is 1. The average Bonchev–Trinajstić information content (AvgIpc) is 3.18. The second kappa shape index (κ2) is 9.60. The highest BCUT2D eigenvalue weighted by atomic mass is 16.6. The molecule has 4 rings (SSSR count). The SMILES string of the molecule is CC[C@]12/C=C\CCCOC(=O)[C@H]1[C@H]1C(=O)N([C@@H](CO)CC(C)C)C3C(=O)N(C(C)(C)C)CC=C[C@@]31O2. The van der Waals surface area contributed by atoms with Crippen LogP contribution in [0.5, 0.6) is 0 Å². The second-order valence-corrected chi connectivity index (χ2v) is 12.1. The van der Waals surface area contributed by atoms with Gasteiger partial charge in [0.1, 0.15) is 23.2 Å². The molecule has 2 fully saturated rings. The van der Waals surface area contributed by atoms with Crippen LogP contribution in [0.25, 0.3) is 0 Å². The van der Waals surface area contributed by atoms with Crippen LogP contribution in [0.2, 0.25) is 0 Å². The molecule has 4 heterocycles. The third kappa shape index (κ3) is 4.10. The Labute approximate surface area is 214 Å². The molecule has 0 radical (unpaired) electrons. The van der Waals surface area contributed by atoms with Crippen molar-refractivity contribution in [1.29, 1.82) is 0 Å². The summed E-state index contributed by atoms with van der Waals surface area (Å²) in [4.78, 5) is 45.6. The molecule has 36 heavy (non-hydrogen) atoms. The summed E-state index contributed by atoms with van der Waals surface area (Å²) in [6.45, 7) is 12.3. The van der Waals surface area contributed by atoms with Gasteiger partial charge in [0.05, 0.1) is 25.2 Å². The first-order valence-electron chi connectivity index (χ1n) is 13.4. The van der Waals surface area contributed by atoms with E-state index in [2.05, 4.69) is 0 Å². The van der Waals surface area contributed by atoms with Crippen molar-refractivity contribution in [1.82, 2.24) is 9.80 Å². The van der Waals surface area contributed by atoms with Gasteiger partial charge in [-0.25, -0.2) is 0 Å². The maximum absolute atomic E-state index is 14.4. The molecule has 1 spiro atoms. The normalized spacial score (nSPS) is 36.4. The Kier molecular flexibility index (Phi) is 7.16.